The average molecular weight is 546 g/mol. The van der Waals surface area contributed by atoms with E-state index in [9.17, 15) is 10.4 Å². The summed E-state index contributed by atoms with van der Waals surface area (Å²) in [5.41, 5.74) is 9.95. The monoisotopic (exact) mass is 545 g/mol. The van der Waals surface area contributed by atoms with Crippen molar-refractivity contribution in [3.8, 4) is 28.7 Å². The predicted molar refractivity (Wildman–Crippen MR) is 159 cm³/mol. The van der Waals surface area contributed by atoms with Crippen LogP contribution >= 0.6 is 0 Å². The molecular weight excluding hydrogens is 510 g/mol. The van der Waals surface area contributed by atoms with E-state index in [0.29, 0.717) is 25.3 Å². The molecule has 1 aliphatic carbocycles. The molecule has 2 heterocycles. The molecule has 0 radical (unpaired) electrons. The summed E-state index contributed by atoms with van der Waals surface area (Å²) >= 11 is 0. The quantitative estimate of drug-likeness (QED) is 0.272. The van der Waals surface area contributed by atoms with E-state index >= 15 is 0 Å². The van der Waals surface area contributed by atoms with E-state index in [0.717, 1.165) is 61.4 Å². The Labute approximate surface area is 241 Å². The summed E-state index contributed by atoms with van der Waals surface area (Å²) in [6.07, 6.45) is 6.88. The van der Waals surface area contributed by atoms with Crippen molar-refractivity contribution in [3.63, 3.8) is 0 Å². The second-order valence-corrected chi connectivity index (χ2v) is 11.1. The van der Waals surface area contributed by atoms with Crippen LogP contribution in [-0.4, -0.2) is 34.2 Å². The van der Waals surface area contributed by atoms with Crippen LogP contribution in [0.15, 0.2) is 73.1 Å². The summed E-state index contributed by atoms with van der Waals surface area (Å²) in [7, 11) is 0. The number of benzene rings is 3. The van der Waals surface area contributed by atoms with Crippen molar-refractivity contribution in [3.05, 3.63) is 112 Å². The number of β-amino-alcohol motifs (C(OH)–C–C–N with tert-alkyl or cyclic N) is 1. The van der Waals surface area contributed by atoms with Gasteiger partial charge in [-0.2, -0.15) is 5.26 Å². The van der Waals surface area contributed by atoms with Crippen LogP contribution in [0.2, 0.25) is 0 Å². The maximum Gasteiger partial charge on any atom is 0.128 e. The van der Waals surface area contributed by atoms with E-state index in [1.165, 1.54) is 33.4 Å². The molecule has 0 spiro atoms. The van der Waals surface area contributed by atoms with Gasteiger partial charge < -0.3 is 14.6 Å². The Balaban J connectivity index is 1.30. The van der Waals surface area contributed by atoms with E-state index in [1.807, 2.05) is 12.1 Å². The number of hydrogen-bond acceptors (Lipinski definition) is 6. The number of pyridine rings is 1. The van der Waals surface area contributed by atoms with Gasteiger partial charge in [0.05, 0.1) is 11.7 Å². The van der Waals surface area contributed by atoms with E-state index in [4.69, 9.17) is 9.47 Å². The van der Waals surface area contributed by atoms with Gasteiger partial charge in [-0.25, -0.2) is 0 Å². The molecule has 1 aromatic heterocycles. The minimum Gasteiger partial charge on any atom is -0.488 e. The molecule has 1 saturated heterocycles. The molecular formula is C35H35N3O3. The van der Waals surface area contributed by atoms with Gasteiger partial charge in [0.15, 0.2) is 0 Å². The third kappa shape index (κ3) is 5.97. The Morgan fingerprint density at radius 1 is 0.976 bits per heavy atom. The Hall–Kier alpha value is -4.18. The summed E-state index contributed by atoms with van der Waals surface area (Å²) in [5.74, 6) is 1.69. The van der Waals surface area contributed by atoms with Crippen LogP contribution in [0, 0.1) is 18.3 Å². The first-order chi connectivity index (χ1) is 20.1. The van der Waals surface area contributed by atoms with Crippen molar-refractivity contribution >= 4 is 0 Å². The van der Waals surface area contributed by atoms with Gasteiger partial charge in [-0.15, -0.1) is 0 Å². The molecule has 2 aliphatic rings. The summed E-state index contributed by atoms with van der Waals surface area (Å²) in [5, 5.41) is 19.4. The summed E-state index contributed by atoms with van der Waals surface area (Å²) in [6, 6.07) is 22.9. The molecule has 1 atom stereocenters. The number of rotatable bonds is 9. The second kappa shape index (κ2) is 12.1. The van der Waals surface area contributed by atoms with Crippen LogP contribution in [0.3, 0.4) is 0 Å². The van der Waals surface area contributed by atoms with Gasteiger partial charge in [0.1, 0.15) is 30.8 Å². The lowest BCUT2D eigenvalue weighted by Gasteiger charge is -2.23. The van der Waals surface area contributed by atoms with Gasteiger partial charge in [-0.05, 0) is 72.1 Å². The number of aromatic nitrogens is 1. The Bertz CT molecular complexity index is 1580. The summed E-state index contributed by atoms with van der Waals surface area (Å²) in [6.45, 7) is 5.25. The molecule has 1 aliphatic heterocycles. The van der Waals surface area contributed by atoms with Crippen LogP contribution in [-0.2, 0) is 32.6 Å². The third-order valence-electron chi connectivity index (χ3n) is 8.30. The maximum atomic E-state index is 10.2. The zero-order valence-corrected chi connectivity index (χ0v) is 23.5. The van der Waals surface area contributed by atoms with E-state index in [1.54, 1.807) is 12.4 Å². The van der Waals surface area contributed by atoms with Gasteiger partial charge in [-0.3, -0.25) is 9.88 Å². The SMILES string of the molecule is Cc1c(COc2cc(OCc3cncc(C#N)c3)c(CN3CCC(O)C3)c3c2CCC3)cccc1-c1ccccc1. The summed E-state index contributed by atoms with van der Waals surface area (Å²) in [4.78, 5) is 6.50. The fraction of sp³-hybridized carbons (Fsp3) is 0.314. The molecule has 3 aromatic carbocycles. The fourth-order valence-electron chi connectivity index (χ4n) is 6.12. The molecule has 1 fully saturated rings. The van der Waals surface area contributed by atoms with Crippen LogP contribution in [0.5, 0.6) is 11.5 Å². The first-order valence-corrected chi connectivity index (χ1v) is 14.4. The number of hydrogen-bond donors (Lipinski definition) is 1. The summed E-state index contributed by atoms with van der Waals surface area (Å²) < 4.78 is 13.0. The number of aliphatic hydroxyl groups excluding tert-OH is 1. The van der Waals surface area contributed by atoms with Crippen LogP contribution < -0.4 is 9.47 Å². The lowest BCUT2D eigenvalue weighted by atomic mass is 9.97. The number of nitrogens with zero attached hydrogens (tertiary/aromatic N) is 3. The first-order valence-electron chi connectivity index (χ1n) is 14.4. The number of likely N-dealkylation sites (tertiary alicyclic amines) is 1. The highest BCUT2D eigenvalue weighted by molar-refractivity contribution is 5.68. The number of fused-ring (bicyclic) bond motifs is 1. The van der Waals surface area contributed by atoms with Crippen molar-refractivity contribution < 1.29 is 14.6 Å². The zero-order valence-electron chi connectivity index (χ0n) is 23.5. The average Bonchev–Trinajstić information content (AvgIpc) is 3.66. The number of ether oxygens (including phenoxy) is 2. The third-order valence-corrected chi connectivity index (χ3v) is 8.30. The Kier molecular flexibility index (Phi) is 8.00. The molecule has 1 N–H and O–H groups in total. The molecule has 0 bridgehead atoms. The first kappa shape index (κ1) is 27.0. The van der Waals surface area contributed by atoms with Crippen LogP contribution in [0.25, 0.3) is 11.1 Å². The molecule has 0 amide bonds. The lowest BCUT2D eigenvalue weighted by molar-refractivity contribution is 0.174. The van der Waals surface area contributed by atoms with Crippen LogP contribution in [0.1, 0.15) is 51.8 Å². The molecule has 41 heavy (non-hydrogen) atoms. The molecule has 6 heteroatoms. The van der Waals surface area contributed by atoms with Gasteiger partial charge in [0.25, 0.3) is 0 Å². The fourth-order valence-corrected chi connectivity index (χ4v) is 6.12. The highest BCUT2D eigenvalue weighted by Crippen LogP contribution is 2.41. The maximum absolute atomic E-state index is 10.2. The van der Waals surface area contributed by atoms with E-state index in [-0.39, 0.29) is 6.10 Å². The Morgan fingerprint density at radius 3 is 2.61 bits per heavy atom. The standard InChI is InChI=1S/C35H35N3O3/c1-24-28(9-5-10-30(24)27-7-3-2-4-8-27)23-41-34-16-35(40-22-26-15-25(17-36)18-37-19-26)33(31-11-6-12-32(31)34)21-38-14-13-29(39)20-38/h2-5,7-10,15-16,18-19,29,39H,6,11-14,20-23H2,1H3. The minimum absolute atomic E-state index is 0.273. The second-order valence-electron chi connectivity index (χ2n) is 11.1. The molecule has 6 rings (SSSR count). The van der Waals surface area contributed by atoms with Crippen molar-refractivity contribution in [2.24, 2.45) is 0 Å². The van der Waals surface area contributed by atoms with Gasteiger partial charge in [0.2, 0.25) is 0 Å². The van der Waals surface area contributed by atoms with Gasteiger partial charge >= 0.3 is 0 Å². The minimum atomic E-state index is -0.273. The van der Waals surface area contributed by atoms with Crippen LogP contribution in [0.4, 0.5) is 0 Å². The largest absolute Gasteiger partial charge is 0.488 e. The normalized spacial score (nSPS) is 16.4. The molecule has 208 valence electrons. The Morgan fingerprint density at radius 2 is 1.80 bits per heavy atom. The highest BCUT2D eigenvalue weighted by Gasteiger charge is 2.28. The topological polar surface area (TPSA) is 78.6 Å². The molecule has 4 aromatic rings. The predicted octanol–water partition coefficient (Wildman–Crippen LogP) is 6.14. The molecule has 1 unspecified atom stereocenters. The van der Waals surface area contributed by atoms with Gasteiger partial charge in [0, 0.05) is 49.2 Å². The van der Waals surface area contributed by atoms with Crippen molar-refractivity contribution in [1.29, 1.82) is 5.26 Å². The van der Waals surface area contributed by atoms with Crippen molar-refractivity contribution in [1.82, 2.24) is 9.88 Å². The van der Waals surface area contributed by atoms with E-state index in [2.05, 4.69) is 71.4 Å². The zero-order chi connectivity index (χ0) is 28.2. The smallest absolute Gasteiger partial charge is 0.128 e. The van der Waals surface area contributed by atoms with E-state index < -0.39 is 0 Å². The van der Waals surface area contributed by atoms with Gasteiger partial charge in [-0.1, -0.05) is 48.5 Å². The number of aliphatic hydroxyl groups is 1. The van der Waals surface area contributed by atoms with Crippen molar-refractivity contribution in [2.75, 3.05) is 13.1 Å². The highest BCUT2D eigenvalue weighted by atomic mass is 16.5. The number of nitriles is 1. The molecule has 6 nitrogen and oxygen atoms in total. The molecule has 0 saturated carbocycles. The van der Waals surface area contributed by atoms with Crippen molar-refractivity contribution in [2.45, 2.75) is 58.5 Å². The lowest BCUT2D eigenvalue weighted by Crippen LogP contribution is -2.23.